The number of furan rings is 1. The summed E-state index contributed by atoms with van der Waals surface area (Å²) in [7, 11) is 0. The van der Waals surface area contributed by atoms with Crippen LogP contribution in [0.4, 0.5) is 0 Å². The van der Waals surface area contributed by atoms with Crippen LogP contribution >= 0.6 is 11.8 Å². The molecule has 3 nitrogen and oxygen atoms in total. The molecule has 0 radical (unpaired) electrons. The summed E-state index contributed by atoms with van der Waals surface area (Å²) in [6.07, 6.45) is 0. The normalized spacial score (nSPS) is 10.3. The molecule has 1 aromatic rings. The van der Waals surface area contributed by atoms with Gasteiger partial charge in [-0.2, -0.15) is 11.8 Å². The average Bonchev–Trinajstić information content (AvgIpc) is 2.44. The fraction of sp³-hybridized carbons (Fsp3) is 0.444. The number of carbonyl (C=O) groups is 1. The van der Waals surface area contributed by atoms with Crippen molar-refractivity contribution in [2.45, 2.75) is 19.6 Å². The summed E-state index contributed by atoms with van der Waals surface area (Å²) in [5.41, 5.74) is 0.976. The molecular formula is C9H12O3S. The van der Waals surface area contributed by atoms with Crippen molar-refractivity contribution in [2.24, 2.45) is 0 Å². The summed E-state index contributed by atoms with van der Waals surface area (Å²) in [6, 6.07) is 1.60. The number of aromatic carboxylic acids is 1. The molecule has 0 unspecified atom stereocenters. The molecule has 0 fully saturated rings. The Morgan fingerprint density at radius 1 is 1.69 bits per heavy atom. The van der Waals surface area contributed by atoms with Crippen LogP contribution < -0.4 is 0 Å². The van der Waals surface area contributed by atoms with Gasteiger partial charge in [-0.05, 0) is 18.7 Å². The quantitative estimate of drug-likeness (QED) is 0.811. The van der Waals surface area contributed by atoms with Crippen molar-refractivity contribution in [3.05, 3.63) is 23.2 Å². The lowest BCUT2D eigenvalue weighted by atomic mass is 10.3. The number of hydrogen-bond acceptors (Lipinski definition) is 3. The Morgan fingerprint density at radius 2 is 2.38 bits per heavy atom. The van der Waals surface area contributed by atoms with Gasteiger partial charge in [-0.25, -0.2) is 4.79 Å². The lowest BCUT2D eigenvalue weighted by Crippen LogP contribution is -1.91. The summed E-state index contributed by atoms with van der Waals surface area (Å²) >= 11 is 1.75. The van der Waals surface area contributed by atoms with Gasteiger partial charge in [0.15, 0.2) is 0 Å². The minimum Gasteiger partial charge on any atom is -0.475 e. The standard InChI is InChI=1S/C9H12O3S/c1-3-13-5-7-4-8(9(10)11)12-6(7)2/h4H,3,5H2,1-2H3,(H,10,11). The zero-order valence-electron chi connectivity index (χ0n) is 7.66. The third kappa shape index (κ3) is 2.52. The molecule has 1 N–H and O–H groups in total. The molecule has 0 saturated heterocycles. The number of aryl methyl sites for hydroxylation is 1. The van der Waals surface area contributed by atoms with Gasteiger partial charge in [0.2, 0.25) is 5.76 Å². The highest BCUT2D eigenvalue weighted by Gasteiger charge is 2.12. The van der Waals surface area contributed by atoms with Crippen molar-refractivity contribution in [1.29, 1.82) is 0 Å². The van der Waals surface area contributed by atoms with Crippen LogP contribution in [0.2, 0.25) is 0 Å². The highest BCUT2D eigenvalue weighted by Crippen LogP contribution is 2.19. The van der Waals surface area contributed by atoms with E-state index in [1.807, 2.05) is 0 Å². The number of carboxylic acids is 1. The predicted octanol–water partition coefficient (Wildman–Crippen LogP) is 2.54. The van der Waals surface area contributed by atoms with Crippen LogP contribution in [-0.4, -0.2) is 16.8 Å². The zero-order valence-corrected chi connectivity index (χ0v) is 8.48. The Balaban J connectivity index is 2.77. The number of rotatable bonds is 4. The predicted molar refractivity (Wildman–Crippen MR) is 52.2 cm³/mol. The summed E-state index contributed by atoms with van der Waals surface area (Å²) in [5.74, 6) is 1.57. The van der Waals surface area contributed by atoms with E-state index >= 15 is 0 Å². The van der Waals surface area contributed by atoms with Gasteiger partial charge < -0.3 is 9.52 Å². The van der Waals surface area contributed by atoms with Gasteiger partial charge in [-0.3, -0.25) is 0 Å². The lowest BCUT2D eigenvalue weighted by molar-refractivity contribution is 0.0661. The van der Waals surface area contributed by atoms with Gasteiger partial charge in [0, 0.05) is 11.3 Å². The van der Waals surface area contributed by atoms with Crippen LogP contribution in [0.25, 0.3) is 0 Å². The molecule has 0 aromatic carbocycles. The molecule has 72 valence electrons. The summed E-state index contributed by atoms with van der Waals surface area (Å²) in [4.78, 5) is 10.5. The second kappa shape index (κ2) is 4.37. The monoisotopic (exact) mass is 200 g/mol. The Hall–Kier alpha value is -0.900. The van der Waals surface area contributed by atoms with E-state index in [0.29, 0.717) is 5.76 Å². The lowest BCUT2D eigenvalue weighted by Gasteiger charge is -1.94. The van der Waals surface area contributed by atoms with E-state index in [4.69, 9.17) is 9.52 Å². The van der Waals surface area contributed by atoms with Crippen molar-refractivity contribution in [2.75, 3.05) is 5.75 Å². The topological polar surface area (TPSA) is 50.4 Å². The van der Waals surface area contributed by atoms with Gasteiger partial charge in [0.25, 0.3) is 0 Å². The van der Waals surface area contributed by atoms with Gasteiger partial charge in [-0.1, -0.05) is 6.92 Å². The maximum Gasteiger partial charge on any atom is 0.371 e. The zero-order chi connectivity index (χ0) is 9.84. The van der Waals surface area contributed by atoms with E-state index < -0.39 is 5.97 Å². The number of hydrogen-bond donors (Lipinski definition) is 1. The van der Waals surface area contributed by atoms with Crippen molar-refractivity contribution in [3.63, 3.8) is 0 Å². The second-order valence-corrected chi connectivity index (χ2v) is 3.91. The average molecular weight is 200 g/mol. The Bertz CT molecular complexity index is 304. The van der Waals surface area contributed by atoms with Gasteiger partial charge in [0.05, 0.1) is 0 Å². The Kier molecular flexibility index (Phi) is 3.42. The first-order valence-electron chi connectivity index (χ1n) is 4.05. The highest BCUT2D eigenvalue weighted by atomic mass is 32.2. The summed E-state index contributed by atoms with van der Waals surface area (Å²) in [6.45, 7) is 3.86. The van der Waals surface area contributed by atoms with E-state index in [9.17, 15) is 4.79 Å². The maximum atomic E-state index is 10.5. The molecular weight excluding hydrogens is 188 g/mol. The van der Waals surface area contributed by atoms with Crippen LogP contribution in [0.1, 0.15) is 28.8 Å². The first-order valence-corrected chi connectivity index (χ1v) is 5.21. The van der Waals surface area contributed by atoms with E-state index in [2.05, 4.69) is 6.92 Å². The van der Waals surface area contributed by atoms with E-state index in [1.54, 1.807) is 24.8 Å². The minimum atomic E-state index is -1.00. The van der Waals surface area contributed by atoms with E-state index in [1.165, 1.54) is 0 Å². The molecule has 1 rings (SSSR count). The molecule has 4 heteroatoms. The van der Waals surface area contributed by atoms with Crippen LogP contribution in [0, 0.1) is 6.92 Å². The SMILES string of the molecule is CCSCc1cc(C(=O)O)oc1C. The van der Waals surface area contributed by atoms with E-state index in [-0.39, 0.29) is 5.76 Å². The van der Waals surface area contributed by atoms with Crippen LogP contribution in [0.15, 0.2) is 10.5 Å². The van der Waals surface area contributed by atoms with Crippen molar-refractivity contribution in [1.82, 2.24) is 0 Å². The van der Waals surface area contributed by atoms with Gasteiger partial charge >= 0.3 is 5.97 Å². The molecule has 0 saturated carbocycles. The molecule has 0 atom stereocenters. The van der Waals surface area contributed by atoms with Crippen molar-refractivity contribution >= 4 is 17.7 Å². The molecule has 0 amide bonds. The molecule has 13 heavy (non-hydrogen) atoms. The second-order valence-electron chi connectivity index (χ2n) is 2.63. The number of carboxylic acid groups (broad SMARTS) is 1. The summed E-state index contributed by atoms with van der Waals surface area (Å²) in [5, 5.41) is 8.65. The van der Waals surface area contributed by atoms with Crippen LogP contribution in [0.5, 0.6) is 0 Å². The Labute approximate surface area is 81.1 Å². The first kappa shape index (κ1) is 10.2. The molecule has 0 aliphatic rings. The maximum absolute atomic E-state index is 10.5. The number of thioether (sulfide) groups is 1. The van der Waals surface area contributed by atoms with Crippen LogP contribution in [0.3, 0.4) is 0 Å². The molecule has 0 bridgehead atoms. The summed E-state index contributed by atoms with van der Waals surface area (Å²) < 4.78 is 5.06. The van der Waals surface area contributed by atoms with E-state index in [0.717, 1.165) is 17.1 Å². The van der Waals surface area contributed by atoms with Crippen molar-refractivity contribution < 1.29 is 14.3 Å². The molecule has 1 aromatic heterocycles. The molecule has 1 heterocycles. The fourth-order valence-electron chi connectivity index (χ4n) is 0.981. The third-order valence-electron chi connectivity index (χ3n) is 1.69. The first-order chi connectivity index (χ1) is 6.15. The largest absolute Gasteiger partial charge is 0.475 e. The van der Waals surface area contributed by atoms with Gasteiger partial charge in [0.1, 0.15) is 5.76 Å². The van der Waals surface area contributed by atoms with Crippen LogP contribution in [-0.2, 0) is 5.75 Å². The Morgan fingerprint density at radius 3 is 2.85 bits per heavy atom. The molecule has 0 aliphatic heterocycles. The highest BCUT2D eigenvalue weighted by molar-refractivity contribution is 7.98. The molecule has 0 spiro atoms. The third-order valence-corrected chi connectivity index (χ3v) is 2.62. The molecule has 0 aliphatic carbocycles. The minimum absolute atomic E-state index is 0.0317. The van der Waals surface area contributed by atoms with Gasteiger partial charge in [-0.15, -0.1) is 0 Å². The smallest absolute Gasteiger partial charge is 0.371 e. The fourth-order valence-corrected chi connectivity index (χ4v) is 1.69. The van der Waals surface area contributed by atoms with Crippen molar-refractivity contribution in [3.8, 4) is 0 Å².